The number of aromatic nitrogens is 4. The second-order valence-electron chi connectivity index (χ2n) is 6.35. The largest absolute Gasteiger partial charge is 0.348 e. The van der Waals surface area contributed by atoms with Gasteiger partial charge in [0.2, 0.25) is 5.95 Å². The van der Waals surface area contributed by atoms with Crippen LogP contribution < -0.4 is 5.32 Å². The van der Waals surface area contributed by atoms with Crippen LogP contribution >= 0.6 is 0 Å². The van der Waals surface area contributed by atoms with E-state index in [1.807, 2.05) is 41.4 Å². The van der Waals surface area contributed by atoms with E-state index in [9.17, 15) is 4.79 Å². The molecule has 0 radical (unpaired) electrons. The lowest BCUT2D eigenvalue weighted by molar-refractivity contribution is 0.0704. The Labute approximate surface area is 151 Å². The topological polar surface area (TPSA) is 86.8 Å². The van der Waals surface area contributed by atoms with Crippen molar-refractivity contribution in [2.45, 2.75) is 18.8 Å². The van der Waals surface area contributed by atoms with Gasteiger partial charge >= 0.3 is 0 Å². The van der Waals surface area contributed by atoms with Crippen LogP contribution in [0.15, 0.2) is 55.1 Å². The van der Waals surface area contributed by atoms with E-state index in [4.69, 9.17) is 0 Å². The van der Waals surface area contributed by atoms with Crippen LogP contribution in [0.1, 0.15) is 34.9 Å². The number of H-pyrrole nitrogens is 1. The van der Waals surface area contributed by atoms with Gasteiger partial charge in [0.1, 0.15) is 5.82 Å². The second-order valence-corrected chi connectivity index (χ2v) is 6.35. The minimum Gasteiger partial charge on any atom is -0.348 e. The normalized spacial score (nSPS) is 17.1. The van der Waals surface area contributed by atoms with Crippen LogP contribution in [0.3, 0.4) is 0 Å². The standard InChI is InChI=1S/C19H20N6O/c26-18(25-10-4-5-14(13-25)17-20-8-9-21-17)15-11-22-19(23-12-15)24-16-6-2-1-3-7-16/h1-3,6-9,11-12,14H,4-5,10,13H2,(H,20,21)(H,22,23,24)/t14-/m0/s1. The predicted octanol–water partition coefficient (Wildman–Crippen LogP) is 2.96. The van der Waals surface area contributed by atoms with Gasteiger partial charge in [0, 0.05) is 49.5 Å². The molecule has 0 spiro atoms. The smallest absolute Gasteiger partial charge is 0.257 e. The summed E-state index contributed by atoms with van der Waals surface area (Å²) < 4.78 is 0. The molecule has 1 aromatic carbocycles. The fraction of sp³-hybridized carbons (Fsp3) is 0.263. The van der Waals surface area contributed by atoms with E-state index in [-0.39, 0.29) is 11.8 Å². The number of nitrogens with one attached hydrogen (secondary N) is 2. The number of likely N-dealkylation sites (tertiary alicyclic amines) is 1. The van der Waals surface area contributed by atoms with Crippen molar-refractivity contribution in [2.75, 3.05) is 18.4 Å². The number of para-hydroxylation sites is 1. The zero-order valence-electron chi connectivity index (χ0n) is 14.3. The summed E-state index contributed by atoms with van der Waals surface area (Å²) in [7, 11) is 0. The summed E-state index contributed by atoms with van der Waals surface area (Å²) in [6.45, 7) is 1.41. The lowest BCUT2D eigenvalue weighted by atomic mass is 9.97. The average molecular weight is 348 g/mol. The van der Waals surface area contributed by atoms with Crippen molar-refractivity contribution in [3.63, 3.8) is 0 Å². The second kappa shape index (κ2) is 7.35. The number of rotatable bonds is 4. The number of anilines is 2. The Morgan fingerprint density at radius 2 is 1.96 bits per heavy atom. The number of nitrogens with zero attached hydrogens (tertiary/aromatic N) is 4. The van der Waals surface area contributed by atoms with Gasteiger partial charge in [0.05, 0.1) is 5.56 Å². The lowest BCUT2D eigenvalue weighted by Gasteiger charge is -2.31. The van der Waals surface area contributed by atoms with E-state index >= 15 is 0 Å². The van der Waals surface area contributed by atoms with Gasteiger partial charge in [0.15, 0.2) is 0 Å². The van der Waals surface area contributed by atoms with Gasteiger partial charge in [-0.15, -0.1) is 0 Å². The first kappa shape index (κ1) is 16.3. The monoisotopic (exact) mass is 348 g/mol. The van der Waals surface area contributed by atoms with Gasteiger partial charge in [-0.05, 0) is 25.0 Å². The fourth-order valence-corrected chi connectivity index (χ4v) is 3.22. The molecule has 1 saturated heterocycles. The number of carbonyl (C=O) groups excluding carboxylic acids is 1. The van der Waals surface area contributed by atoms with E-state index in [1.165, 1.54) is 0 Å². The summed E-state index contributed by atoms with van der Waals surface area (Å²) in [6, 6.07) is 9.69. The number of carbonyl (C=O) groups is 1. The van der Waals surface area contributed by atoms with Crippen molar-refractivity contribution in [3.8, 4) is 0 Å². The Bertz CT molecular complexity index is 848. The van der Waals surface area contributed by atoms with Crippen molar-refractivity contribution in [1.29, 1.82) is 0 Å². The average Bonchev–Trinajstić information content (AvgIpc) is 3.24. The first-order valence-corrected chi connectivity index (χ1v) is 8.72. The fourth-order valence-electron chi connectivity index (χ4n) is 3.22. The maximum absolute atomic E-state index is 12.8. The summed E-state index contributed by atoms with van der Waals surface area (Å²) >= 11 is 0. The highest BCUT2D eigenvalue weighted by atomic mass is 16.2. The number of benzene rings is 1. The van der Waals surface area contributed by atoms with Crippen LogP contribution in [0.2, 0.25) is 0 Å². The van der Waals surface area contributed by atoms with Gasteiger partial charge in [0.25, 0.3) is 5.91 Å². The molecule has 0 aliphatic carbocycles. The SMILES string of the molecule is O=C(c1cnc(Nc2ccccc2)nc1)N1CCC[C@H](c2ncc[nH]2)C1. The van der Waals surface area contributed by atoms with E-state index in [1.54, 1.807) is 18.6 Å². The molecule has 2 N–H and O–H groups in total. The lowest BCUT2D eigenvalue weighted by Crippen LogP contribution is -2.39. The number of aromatic amines is 1. The third-order valence-electron chi connectivity index (χ3n) is 4.54. The van der Waals surface area contributed by atoms with Gasteiger partial charge in [-0.2, -0.15) is 0 Å². The van der Waals surface area contributed by atoms with E-state index in [0.29, 0.717) is 18.1 Å². The Balaban J connectivity index is 1.43. The summed E-state index contributed by atoms with van der Waals surface area (Å²) in [5.74, 6) is 1.64. The molecule has 3 heterocycles. The summed E-state index contributed by atoms with van der Waals surface area (Å²) in [5, 5.41) is 3.12. The molecular formula is C19H20N6O. The zero-order chi connectivity index (χ0) is 17.8. The van der Waals surface area contributed by atoms with Crippen molar-refractivity contribution in [2.24, 2.45) is 0 Å². The van der Waals surface area contributed by atoms with Crippen molar-refractivity contribution < 1.29 is 4.79 Å². The Kier molecular flexibility index (Phi) is 4.59. The van der Waals surface area contributed by atoms with Crippen LogP contribution in [0.25, 0.3) is 0 Å². The molecule has 7 heteroatoms. The first-order valence-electron chi connectivity index (χ1n) is 8.72. The van der Waals surface area contributed by atoms with E-state index < -0.39 is 0 Å². The summed E-state index contributed by atoms with van der Waals surface area (Å²) in [5.41, 5.74) is 1.41. The zero-order valence-corrected chi connectivity index (χ0v) is 14.3. The Morgan fingerprint density at radius 1 is 1.15 bits per heavy atom. The maximum Gasteiger partial charge on any atom is 0.257 e. The molecular weight excluding hydrogens is 328 g/mol. The summed E-state index contributed by atoms with van der Waals surface area (Å²) in [4.78, 5) is 30.7. The van der Waals surface area contributed by atoms with E-state index in [2.05, 4.69) is 25.3 Å². The molecule has 1 fully saturated rings. The molecule has 1 amide bonds. The number of hydrogen-bond donors (Lipinski definition) is 2. The molecule has 26 heavy (non-hydrogen) atoms. The molecule has 0 saturated carbocycles. The van der Waals surface area contributed by atoms with Crippen LogP contribution in [0.5, 0.6) is 0 Å². The molecule has 3 aromatic rings. The number of amides is 1. The van der Waals surface area contributed by atoms with Gasteiger partial charge < -0.3 is 15.2 Å². The third-order valence-corrected chi connectivity index (χ3v) is 4.54. The summed E-state index contributed by atoms with van der Waals surface area (Å²) in [6.07, 6.45) is 8.73. The van der Waals surface area contributed by atoms with Crippen LogP contribution in [0.4, 0.5) is 11.6 Å². The van der Waals surface area contributed by atoms with Crippen LogP contribution in [-0.2, 0) is 0 Å². The highest BCUT2D eigenvalue weighted by Gasteiger charge is 2.27. The first-order chi connectivity index (χ1) is 12.8. The van der Waals surface area contributed by atoms with Gasteiger partial charge in [-0.25, -0.2) is 15.0 Å². The highest BCUT2D eigenvalue weighted by Crippen LogP contribution is 2.25. The van der Waals surface area contributed by atoms with Crippen LogP contribution in [-0.4, -0.2) is 43.8 Å². The molecule has 1 aliphatic heterocycles. The van der Waals surface area contributed by atoms with Crippen LogP contribution in [0, 0.1) is 0 Å². The Hall–Kier alpha value is -3.22. The molecule has 2 aromatic heterocycles. The minimum absolute atomic E-state index is 0.0347. The molecule has 7 nitrogen and oxygen atoms in total. The number of piperidine rings is 1. The number of imidazole rings is 1. The Morgan fingerprint density at radius 3 is 2.69 bits per heavy atom. The maximum atomic E-state index is 12.8. The quantitative estimate of drug-likeness (QED) is 0.757. The molecule has 4 rings (SSSR count). The van der Waals surface area contributed by atoms with Crippen molar-refractivity contribution in [1.82, 2.24) is 24.8 Å². The predicted molar refractivity (Wildman–Crippen MR) is 98.2 cm³/mol. The molecule has 0 bridgehead atoms. The van der Waals surface area contributed by atoms with Gasteiger partial charge in [-0.3, -0.25) is 4.79 Å². The highest BCUT2D eigenvalue weighted by molar-refractivity contribution is 5.93. The van der Waals surface area contributed by atoms with Gasteiger partial charge in [-0.1, -0.05) is 18.2 Å². The minimum atomic E-state index is -0.0347. The van der Waals surface area contributed by atoms with Crippen molar-refractivity contribution >= 4 is 17.5 Å². The third kappa shape index (κ3) is 3.56. The molecule has 1 atom stereocenters. The number of hydrogen-bond acceptors (Lipinski definition) is 5. The molecule has 132 valence electrons. The molecule has 1 aliphatic rings. The van der Waals surface area contributed by atoms with E-state index in [0.717, 1.165) is 30.9 Å². The van der Waals surface area contributed by atoms with Crippen molar-refractivity contribution in [3.05, 3.63) is 66.5 Å². The molecule has 0 unspecified atom stereocenters.